The molecule has 0 bridgehead atoms. The first-order chi connectivity index (χ1) is 7.66. The van der Waals surface area contributed by atoms with Crippen molar-refractivity contribution in [1.82, 2.24) is 15.3 Å². The van der Waals surface area contributed by atoms with Crippen LogP contribution in [0.15, 0.2) is 30.3 Å². The van der Waals surface area contributed by atoms with Gasteiger partial charge in [0.25, 0.3) is 5.91 Å². The molecule has 5 heteroatoms. The third-order valence-corrected chi connectivity index (χ3v) is 2.38. The molecule has 2 rings (SSSR count). The van der Waals surface area contributed by atoms with E-state index in [1.165, 1.54) is 9.91 Å². The summed E-state index contributed by atoms with van der Waals surface area (Å²) in [6, 6.07) is 9.34. The second kappa shape index (κ2) is 4.22. The number of carbonyl (C=O) groups is 2. The van der Waals surface area contributed by atoms with E-state index in [2.05, 4.69) is 5.43 Å². The Morgan fingerprint density at radius 1 is 1.25 bits per heavy atom. The van der Waals surface area contributed by atoms with Crippen LogP contribution in [-0.2, 0) is 11.3 Å². The van der Waals surface area contributed by atoms with E-state index in [1.54, 1.807) is 7.05 Å². The van der Waals surface area contributed by atoms with Crippen LogP contribution in [0.1, 0.15) is 5.56 Å². The molecule has 1 heterocycles. The second-order valence-electron chi connectivity index (χ2n) is 3.75. The molecule has 0 atom stereocenters. The minimum absolute atomic E-state index is 0.115. The Kier molecular flexibility index (Phi) is 2.76. The lowest BCUT2D eigenvalue weighted by atomic mass is 10.2. The summed E-state index contributed by atoms with van der Waals surface area (Å²) in [6.45, 7) is 0.500. The molecule has 3 amide bonds. The number of hydrogen-bond acceptors (Lipinski definition) is 2. The van der Waals surface area contributed by atoms with E-state index in [-0.39, 0.29) is 18.5 Å². The van der Waals surface area contributed by atoms with Gasteiger partial charge < -0.3 is 4.90 Å². The molecule has 1 aromatic carbocycles. The fourth-order valence-electron chi connectivity index (χ4n) is 1.60. The fraction of sp³-hybridized carbons (Fsp3) is 0.273. The summed E-state index contributed by atoms with van der Waals surface area (Å²) in [5, 5.41) is 1.32. The van der Waals surface area contributed by atoms with Gasteiger partial charge in [0.15, 0.2) is 0 Å². The highest BCUT2D eigenvalue weighted by molar-refractivity contribution is 5.89. The Morgan fingerprint density at radius 2 is 1.94 bits per heavy atom. The number of nitrogens with zero attached hydrogens (tertiary/aromatic N) is 2. The minimum Gasteiger partial charge on any atom is -0.317 e. The van der Waals surface area contributed by atoms with Gasteiger partial charge in [-0.15, -0.1) is 0 Å². The first kappa shape index (κ1) is 10.5. The lowest BCUT2D eigenvalue weighted by molar-refractivity contribution is -0.128. The van der Waals surface area contributed by atoms with Crippen LogP contribution in [0.5, 0.6) is 0 Å². The van der Waals surface area contributed by atoms with Crippen molar-refractivity contribution in [2.75, 3.05) is 13.6 Å². The molecule has 0 aliphatic carbocycles. The van der Waals surface area contributed by atoms with Crippen molar-refractivity contribution >= 4 is 11.9 Å². The van der Waals surface area contributed by atoms with Crippen molar-refractivity contribution in [2.45, 2.75) is 6.54 Å². The average molecular weight is 219 g/mol. The van der Waals surface area contributed by atoms with Gasteiger partial charge >= 0.3 is 6.03 Å². The number of carbonyl (C=O) groups excluding carboxylic acids is 2. The zero-order valence-corrected chi connectivity index (χ0v) is 9.01. The van der Waals surface area contributed by atoms with Gasteiger partial charge in [-0.3, -0.25) is 10.2 Å². The van der Waals surface area contributed by atoms with Gasteiger partial charge in [-0.25, -0.2) is 9.80 Å². The molecule has 1 aliphatic heterocycles. The van der Waals surface area contributed by atoms with E-state index in [4.69, 9.17) is 0 Å². The zero-order chi connectivity index (χ0) is 11.5. The first-order valence-corrected chi connectivity index (χ1v) is 5.03. The summed E-state index contributed by atoms with van der Waals surface area (Å²) in [5.74, 6) is -0.168. The molecule has 1 N–H and O–H groups in total. The number of nitrogens with one attached hydrogen (secondary N) is 1. The molecule has 5 nitrogen and oxygen atoms in total. The lowest BCUT2D eigenvalue weighted by Gasteiger charge is -2.33. The smallest absolute Gasteiger partial charge is 0.317 e. The Morgan fingerprint density at radius 3 is 2.62 bits per heavy atom. The Bertz CT molecular complexity index is 405. The number of benzene rings is 1. The van der Waals surface area contributed by atoms with Crippen LogP contribution in [0.4, 0.5) is 4.79 Å². The minimum atomic E-state index is -0.191. The highest BCUT2D eigenvalue weighted by atomic mass is 16.2. The Hall–Kier alpha value is -2.04. The summed E-state index contributed by atoms with van der Waals surface area (Å²) in [7, 11) is 1.61. The van der Waals surface area contributed by atoms with E-state index in [9.17, 15) is 9.59 Å². The highest BCUT2D eigenvalue weighted by Gasteiger charge is 2.27. The maximum Gasteiger partial charge on any atom is 0.339 e. The van der Waals surface area contributed by atoms with Crippen LogP contribution in [0.25, 0.3) is 0 Å². The molecule has 1 fully saturated rings. The van der Waals surface area contributed by atoms with Gasteiger partial charge in [0.05, 0.1) is 6.54 Å². The number of rotatable bonds is 2. The van der Waals surface area contributed by atoms with Crippen molar-refractivity contribution in [3.05, 3.63) is 35.9 Å². The molecular formula is C11H13N3O2. The summed E-state index contributed by atoms with van der Waals surface area (Å²) < 4.78 is 0. The number of amides is 3. The van der Waals surface area contributed by atoms with Gasteiger partial charge in [0, 0.05) is 7.05 Å². The molecule has 1 aliphatic rings. The number of hydrogen-bond donors (Lipinski definition) is 1. The van der Waals surface area contributed by atoms with Crippen molar-refractivity contribution in [2.24, 2.45) is 0 Å². The maximum absolute atomic E-state index is 11.7. The number of urea groups is 1. The van der Waals surface area contributed by atoms with Crippen LogP contribution in [0, 0.1) is 0 Å². The van der Waals surface area contributed by atoms with Crippen molar-refractivity contribution < 1.29 is 9.59 Å². The predicted molar refractivity (Wildman–Crippen MR) is 58.2 cm³/mol. The highest BCUT2D eigenvalue weighted by Crippen LogP contribution is 2.07. The number of hydrazine groups is 1. The van der Waals surface area contributed by atoms with E-state index >= 15 is 0 Å². The molecule has 0 unspecified atom stereocenters. The molecule has 0 saturated carbocycles. The summed E-state index contributed by atoms with van der Waals surface area (Å²) in [6.07, 6.45) is 0. The van der Waals surface area contributed by atoms with Gasteiger partial charge in [-0.1, -0.05) is 30.3 Å². The molecule has 16 heavy (non-hydrogen) atoms. The monoisotopic (exact) mass is 219 g/mol. The van der Waals surface area contributed by atoms with Crippen LogP contribution in [-0.4, -0.2) is 35.4 Å². The quantitative estimate of drug-likeness (QED) is 0.791. The molecular weight excluding hydrogens is 206 g/mol. The van der Waals surface area contributed by atoms with E-state index in [0.717, 1.165) is 5.56 Å². The Labute approximate surface area is 93.6 Å². The summed E-state index contributed by atoms with van der Waals surface area (Å²) >= 11 is 0. The number of likely N-dealkylation sites (N-methyl/N-ethyl adjacent to an activating group) is 1. The maximum atomic E-state index is 11.7. The average Bonchev–Trinajstić information content (AvgIpc) is 2.27. The van der Waals surface area contributed by atoms with Gasteiger partial charge in [0.1, 0.15) is 6.54 Å². The van der Waals surface area contributed by atoms with Crippen LogP contribution in [0.3, 0.4) is 0 Å². The third-order valence-electron chi connectivity index (χ3n) is 2.38. The van der Waals surface area contributed by atoms with Crippen molar-refractivity contribution in [3.63, 3.8) is 0 Å². The molecule has 0 aromatic heterocycles. The van der Waals surface area contributed by atoms with Crippen LogP contribution in [0.2, 0.25) is 0 Å². The Balaban J connectivity index is 2.09. The summed E-state index contributed by atoms with van der Waals surface area (Å²) in [4.78, 5) is 24.4. The molecule has 1 saturated heterocycles. The molecule has 0 radical (unpaired) electrons. The molecule has 0 spiro atoms. The van der Waals surface area contributed by atoms with E-state index in [0.29, 0.717) is 6.54 Å². The van der Waals surface area contributed by atoms with Crippen LogP contribution >= 0.6 is 0 Å². The third kappa shape index (κ3) is 2.13. The SMILES string of the molecule is CN1CC(=O)NN(Cc2ccccc2)C1=O. The van der Waals surface area contributed by atoms with Crippen molar-refractivity contribution in [3.8, 4) is 0 Å². The first-order valence-electron chi connectivity index (χ1n) is 5.03. The normalized spacial score (nSPS) is 16.3. The van der Waals surface area contributed by atoms with E-state index < -0.39 is 0 Å². The molecule has 1 aromatic rings. The second-order valence-corrected chi connectivity index (χ2v) is 3.75. The van der Waals surface area contributed by atoms with Crippen molar-refractivity contribution in [1.29, 1.82) is 0 Å². The largest absolute Gasteiger partial charge is 0.339 e. The summed E-state index contributed by atoms with van der Waals surface area (Å²) in [5.41, 5.74) is 3.53. The van der Waals surface area contributed by atoms with Gasteiger partial charge in [-0.2, -0.15) is 0 Å². The molecule has 84 valence electrons. The predicted octanol–water partition coefficient (Wildman–Crippen LogP) is 0.585. The van der Waals surface area contributed by atoms with Gasteiger partial charge in [0.2, 0.25) is 0 Å². The fourth-order valence-corrected chi connectivity index (χ4v) is 1.60. The lowest BCUT2D eigenvalue weighted by Crippen LogP contribution is -2.58. The van der Waals surface area contributed by atoms with Gasteiger partial charge in [-0.05, 0) is 5.56 Å². The van der Waals surface area contributed by atoms with E-state index in [1.807, 2.05) is 30.3 Å². The van der Waals surface area contributed by atoms with Crippen LogP contribution < -0.4 is 5.43 Å². The standard InChI is InChI=1S/C11H13N3O2/c1-13-8-10(15)12-14(11(13)16)7-9-5-3-2-4-6-9/h2-6H,7-8H2,1H3,(H,12,15). The topological polar surface area (TPSA) is 52.7 Å². The zero-order valence-electron chi connectivity index (χ0n) is 9.01.